The highest BCUT2D eigenvalue weighted by Crippen LogP contribution is 2.20. The number of hydrogen-bond acceptors (Lipinski definition) is 3. The first kappa shape index (κ1) is 13.6. The Bertz CT molecular complexity index is 456. The number of carbonyl (C=O) groups is 1. The van der Waals surface area contributed by atoms with Crippen LogP contribution in [0.25, 0.3) is 0 Å². The third-order valence-electron chi connectivity index (χ3n) is 3.32. The molecule has 0 aromatic heterocycles. The van der Waals surface area contributed by atoms with Gasteiger partial charge in [0.15, 0.2) is 5.96 Å². The number of guanidine groups is 1. The highest BCUT2D eigenvalue weighted by molar-refractivity contribution is 5.97. The second-order valence-electron chi connectivity index (χ2n) is 4.95. The Morgan fingerprint density at radius 3 is 2.79 bits per heavy atom. The first-order valence-corrected chi connectivity index (χ1v) is 6.81. The SMILES string of the molecule is CCCC(=O)NC1=NCC(c2ccccc2)CN1C. The molecule has 1 heterocycles. The van der Waals surface area contributed by atoms with Crippen molar-refractivity contribution in [3.05, 3.63) is 35.9 Å². The van der Waals surface area contributed by atoms with E-state index >= 15 is 0 Å². The maximum atomic E-state index is 11.6. The lowest BCUT2D eigenvalue weighted by molar-refractivity contribution is -0.119. The Morgan fingerprint density at radius 1 is 1.42 bits per heavy atom. The van der Waals surface area contributed by atoms with E-state index in [2.05, 4.69) is 34.6 Å². The minimum absolute atomic E-state index is 0.0475. The van der Waals surface area contributed by atoms with Crippen LogP contribution in [0.2, 0.25) is 0 Å². The third kappa shape index (κ3) is 3.56. The molecule has 19 heavy (non-hydrogen) atoms. The van der Waals surface area contributed by atoms with Gasteiger partial charge < -0.3 is 4.90 Å². The molecule has 1 aromatic rings. The van der Waals surface area contributed by atoms with E-state index in [1.54, 1.807) is 0 Å². The number of benzene rings is 1. The predicted molar refractivity (Wildman–Crippen MR) is 77.2 cm³/mol. The quantitative estimate of drug-likeness (QED) is 0.902. The molecule has 0 aliphatic carbocycles. The number of likely N-dealkylation sites (N-methyl/N-ethyl adjacent to an activating group) is 1. The summed E-state index contributed by atoms with van der Waals surface area (Å²) in [4.78, 5) is 18.1. The van der Waals surface area contributed by atoms with Gasteiger partial charge in [-0.2, -0.15) is 0 Å². The summed E-state index contributed by atoms with van der Waals surface area (Å²) in [5.41, 5.74) is 1.30. The summed E-state index contributed by atoms with van der Waals surface area (Å²) in [6, 6.07) is 10.4. The van der Waals surface area contributed by atoms with Crippen molar-refractivity contribution in [3.63, 3.8) is 0 Å². The van der Waals surface area contributed by atoms with Crippen LogP contribution in [-0.2, 0) is 4.79 Å². The van der Waals surface area contributed by atoms with Crippen molar-refractivity contribution in [1.82, 2.24) is 10.2 Å². The number of aliphatic imine (C=N–C) groups is 1. The smallest absolute Gasteiger partial charge is 0.226 e. The van der Waals surface area contributed by atoms with Crippen molar-refractivity contribution in [1.29, 1.82) is 0 Å². The minimum Gasteiger partial charge on any atom is -0.345 e. The fourth-order valence-electron chi connectivity index (χ4n) is 2.28. The lowest BCUT2D eigenvalue weighted by Gasteiger charge is -2.31. The molecule has 1 unspecified atom stereocenters. The highest BCUT2D eigenvalue weighted by Gasteiger charge is 2.22. The number of carbonyl (C=O) groups excluding carboxylic acids is 1. The molecular formula is C15H21N3O. The van der Waals surface area contributed by atoms with Crippen molar-refractivity contribution in [2.75, 3.05) is 20.1 Å². The summed E-state index contributed by atoms with van der Waals surface area (Å²) < 4.78 is 0. The van der Waals surface area contributed by atoms with E-state index in [9.17, 15) is 4.79 Å². The number of nitrogens with one attached hydrogen (secondary N) is 1. The highest BCUT2D eigenvalue weighted by atomic mass is 16.1. The molecule has 4 nitrogen and oxygen atoms in total. The van der Waals surface area contributed by atoms with Gasteiger partial charge in [-0.1, -0.05) is 37.3 Å². The van der Waals surface area contributed by atoms with Gasteiger partial charge >= 0.3 is 0 Å². The Hall–Kier alpha value is -1.84. The number of rotatable bonds is 3. The fourth-order valence-corrected chi connectivity index (χ4v) is 2.28. The normalized spacial score (nSPS) is 18.9. The van der Waals surface area contributed by atoms with Gasteiger partial charge in [0.1, 0.15) is 0 Å². The van der Waals surface area contributed by atoms with E-state index in [0.29, 0.717) is 18.3 Å². The first-order chi connectivity index (χ1) is 9.20. The summed E-state index contributed by atoms with van der Waals surface area (Å²) >= 11 is 0. The van der Waals surface area contributed by atoms with E-state index in [1.807, 2.05) is 24.9 Å². The second kappa shape index (κ2) is 6.36. The molecule has 0 saturated heterocycles. The standard InChI is InChI=1S/C15H21N3O/c1-3-7-14(19)17-15-16-10-13(11-18(15)2)12-8-5-4-6-9-12/h4-6,8-9,13H,3,7,10-11H2,1-2H3,(H,16,17,19). The van der Waals surface area contributed by atoms with Gasteiger partial charge in [-0.25, -0.2) is 0 Å². The molecule has 0 radical (unpaired) electrons. The maximum absolute atomic E-state index is 11.6. The maximum Gasteiger partial charge on any atom is 0.226 e. The second-order valence-corrected chi connectivity index (χ2v) is 4.95. The molecular weight excluding hydrogens is 238 g/mol. The summed E-state index contributed by atoms with van der Waals surface area (Å²) in [6.45, 7) is 3.61. The molecule has 0 saturated carbocycles. The Balaban J connectivity index is 2.00. The Labute approximate surface area is 114 Å². The van der Waals surface area contributed by atoms with Crippen LogP contribution >= 0.6 is 0 Å². The zero-order valence-electron chi connectivity index (χ0n) is 11.6. The molecule has 1 atom stereocenters. The van der Waals surface area contributed by atoms with E-state index in [-0.39, 0.29) is 5.91 Å². The molecule has 102 valence electrons. The molecule has 1 aromatic carbocycles. The van der Waals surface area contributed by atoms with E-state index in [4.69, 9.17) is 0 Å². The molecule has 0 spiro atoms. The zero-order valence-corrected chi connectivity index (χ0v) is 11.6. The minimum atomic E-state index is 0.0475. The van der Waals surface area contributed by atoms with Gasteiger partial charge in [-0.05, 0) is 12.0 Å². The van der Waals surface area contributed by atoms with Crippen LogP contribution in [0.1, 0.15) is 31.2 Å². The van der Waals surface area contributed by atoms with Crippen LogP contribution in [0.3, 0.4) is 0 Å². The van der Waals surface area contributed by atoms with Crippen LogP contribution in [0.15, 0.2) is 35.3 Å². The van der Waals surface area contributed by atoms with Crippen molar-refractivity contribution in [2.24, 2.45) is 4.99 Å². The van der Waals surface area contributed by atoms with Gasteiger partial charge in [-0.3, -0.25) is 15.1 Å². The van der Waals surface area contributed by atoms with Crippen molar-refractivity contribution >= 4 is 11.9 Å². The van der Waals surface area contributed by atoms with Crippen LogP contribution in [0, 0.1) is 0 Å². The molecule has 4 heteroatoms. The monoisotopic (exact) mass is 259 g/mol. The molecule has 1 aliphatic rings. The summed E-state index contributed by atoms with van der Waals surface area (Å²) in [7, 11) is 1.97. The largest absolute Gasteiger partial charge is 0.345 e. The molecule has 0 bridgehead atoms. The number of nitrogens with zero attached hydrogens (tertiary/aromatic N) is 2. The molecule has 1 N–H and O–H groups in total. The van der Waals surface area contributed by atoms with Crippen LogP contribution < -0.4 is 5.32 Å². The molecule has 1 amide bonds. The summed E-state index contributed by atoms with van der Waals surface area (Å²) in [5, 5.41) is 2.88. The van der Waals surface area contributed by atoms with Crippen LogP contribution in [0.5, 0.6) is 0 Å². The molecule has 0 fully saturated rings. The van der Waals surface area contributed by atoms with Gasteiger partial charge in [0.25, 0.3) is 0 Å². The Kier molecular flexibility index (Phi) is 4.55. The van der Waals surface area contributed by atoms with Gasteiger partial charge in [0.2, 0.25) is 5.91 Å². The van der Waals surface area contributed by atoms with E-state index in [0.717, 1.165) is 19.5 Å². The number of hydrogen-bond donors (Lipinski definition) is 1. The van der Waals surface area contributed by atoms with Gasteiger partial charge in [0, 0.05) is 25.9 Å². The fraction of sp³-hybridized carbons (Fsp3) is 0.467. The third-order valence-corrected chi connectivity index (χ3v) is 3.32. The topological polar surface area (TPSA) is 44.7 Å². The Morgan fingerprint density at radius 2 is 2.16 bits per heavy atom. The molecule has 1 aliphatic heterocycles. The average molecular weight is 259 g/mol. The summed E-state index contributed by atoms with van der Waals surface area (Å²) in [6.07, 6.45) is 1.41. The first-order valence-electron chi connectivity index (χ1n) is 6.81. The number of amides is 1. The zero-order chi connectivity index (χ0) is 13.7. The average Bonchev–Trinajstić information content (AvgIpc) is 2.42. The predicted octanol–water partition coefficient (Wildman–Crippen LogP) is 1.99. The van der Waals surface area contributed by atoms with E-state index < -0.39 is 0 Å². The van der Waals surface area contributed by atoms with Crippen molar-refractivity contribution in [2.45, 2.75) is 25.7 Å². The van der Waals surface area contributed by atoms with Crippen LogP contribution in [-0.4, -0.2) is 36.9 Å². The van der Waals surface area contributed by atoms with Crippen LogP contribution in [0.4, 0.5) is 0 Å². The van der Waals surface area contributed by atoms with Crippen molar-refractivity contribution in [3.8, 4) is 0 Å². The lowest BCUT2D eigenvalue weighted by Crippen LogP contribution is -2.46. The molecule has 2 rings (SSSR count). The van der Waals surface area contributed by atoms with Gasteiger partial charge in [-0.15, -0.1) is 0 Å². The lowest BCUT2D eigenvalue weighted by atomic mass is 9.98. The summed E-state index contributed by atoms with van der Waals surface area (Å²) in [5.74, 6) is 1.15. The van der Waals surface area contributed by atoms with Gasteiger partial charge in [0.05, 0.1) is 6.54 Å². The van der Waals surface area contributed by atoms with E-state index in [1.165, 1.54) is 5.56 Å². The van der Waals surface area contributed by atoms with Crippen molar-refractivity contribution < 1.29 is 4.79 Å².